The SMILES string of the molecule is CC(C)CC1(C)NC(=O)N(CC(=O)NC(C)C2CC2)C1=O. The molecule has 0 bridgehead atoms. The van der Waals surface area contributed by atoms with Crippen molar-refractivity contribution in [2.45, 2.75) is 58.5 Å². The van der Waals surface area contributed by atoms with Gasteiger partial charge in [0.15, 0.2) is 0 Å². The lowest BCUT2D eigenvalue weighted by Gasteiger charge is -2.23. The molecule has 2 unspecified atom stereocenters. The molecule has 2 atom stereocenters. The Labute approximate surface area is 125 Å². The van der Waals surface area contributed by atoms with Crippen LogP contribution < -0.4 is 10.6 Å². The largest absolute Gasteiger partial charge is 0.352 e. The van der Waals surface area contributed by atoms with Gasteiger partial charge in [0.25, 0.3) is 5.91 Å². The van der Waals surface area contributed by atoms with E-state index in [9.17, 15) is 14.4 Å². The fourth-order valence-electron chi connectivity index (χ4n) is 3.00. The van der Waals surface area contributed by atoms with E-state index in [2.05, 4.69) is 10.6 Å². The van der Waals surface area contributed by atoms with Gasteiger partial charge in [-0.25, -0.2) is 4.79 Å². The summed E-state index contributed by atoms with van der Waals surface area (Å²) in [5.41, 5.74) is -0.895. The lowest BCUT2D eigenvalue weighted by Crippen LogP contribution is -2.47. The topological polar surface area (TPSA) is 78.5 Å². The van der Waals surface area contributed by atoms with Crippen molar-refractivity contribution in [1.82, 2.24) is 15.5 Å². The zero-order valence-corrected chi connectivity index (χ0v) is 13.2. The molecule has 4 amide bonds. The van der Waals surface area contributed by atoms with E-state index >= 15 is 0 Å². The van der Waals surface area contributed by atoms with Crippen molar-refractivity contribution in [3.05, 3.63) is 0 Å². The van der Waals surface area contributed by atoms with Crippen LogP contribution in [0, 0.1) is 11.8 Å². The molecular weight excluding hydrogens is 270 g/mol. The fourth-order valence-corrected chi connectivity index (χ4v) is 3.00. The third-order valence-corrected chi connectivity index (χ3v) is 4.18. The van der Waals surface area contributed by atoms with Crippen molar-refractivity contribution in [3.8, 4) is 0 Å². The van der Waals surface area contributed by atoms with Crippen molar-refractivity contribution >= 4 is 17.8 Å². The normalized spacial score (nSPS) is 27.0. The van der Waals surface area contributed by atoms with Gasteiger partial charge in [-0.15, -0.1) is 0 Å². The van der Waals surface area contributed by atoms with Crippen LogP contribution in [0.2, 0.25) is 0 Å². The van der Waals surface area contributed by atoms with Crippen LogP contribution in [0.25, 0.3) is 0 Å². The van der Waals surface area contributed by atoms with Crippen LogP contribution in [0.3, 0.4) is 0 Å². The molecule has 0 radical (unpaired) electrons. The Balaban J connectivity index is 1.94. The number of carbonyl (C=O) groups excluding carboxylic acids is 3. The summed E-state index contributed by atoms with van der Waals surface area (Å²) in [7, 11) is 0. The average Bonchev–Trinajstić information content (AvgIpc) is 3.14. The molecule has 2 aliphatic rings. The van der Waals surface area contributed by atoms with E-state index in [1.54, 1.807) is 6.92 Å². The molecule has 1 saturated carbocycles. The Morgan fingerprint density at radius 1 is 1.38 bits per heavy atom. The highest BCUT2D eigenvalue weighted by atomic mass is 16.2. The number of amides is 4. The Kier molecular flexibility index (Phi) is 4.25. The van der Waals surface area contributed by atoms with E-state index in [-0.39, 0.29) is 30.3 Å². The third kappa shape index (κ3) is 3.54. The maximum atomic E-state index is 12.4. The van der Waals surface area contributed by atoms with Gasteiger partial charge in [-0.2, -0.15) is 0 Å². The van der Waals surface area contributed by atoms with Gasteiger partial charge in [0.2, 0.25) is 5.91 Å². The lowest BCUT2D eigenvalue weighted by molar-refractivity contribution is -0.135. The average molecular weight is 295 g/mol. The first-order chi connectivity index (χ1) is 9.73. The fraction of sp³-hybridized carbons (Fsp3) is 0.800. The summed E-state index contributed by atoms with van der Waals surface area (Å²) >= 11 is 0. The molecule has 0 aromatic rings. The second-order valence-electron chi connectivity index (χ2n) is 6.95. The van der Waals surface area contributed by atoms with Crippen LogP contribution in [-0.2, 0) is 9.59 Å². The highest BCUT2D eigenvalue weighted by Gasteiger charge is 2.48. The molecular formula is C15H25N3O3. The summed E-state index contributed by atoms with van der Waals surface area (Å²) in [4.78, 5) is 37.4. The second-order valence-corrected chi connectivity index (χ2v) is 6.95. The quantitative estimate of drug-likeness (QED) is 0.724. The predicted molar refractivity (Wildman–Crippen MR) is 78.4 cm³/mol. The number of urea groups is 1. The van der Waals surface area contributed by atoms with Crippen molar-refractivity contribution in [1.29, 1.82) is 0 Å². The molecule has 2 N–H and O–H groups in total. The number of nitrogens with one attached hydrogen (secondary N) is 2. The Morgan fingerprint density at radius 3 is 2.52 bits per heavy atom. The first-order valence-corrected chi connectivity index (χ1v) is 7.66. The Hall–Kier alpha value is -1.59. The van der Waals surface area contributed by atoms with Gasteiger partial charge in [-0.05, 0) is 44.9 Å². The summed E-state index contributed by atoms with van der Waals surface area (Å²) in [6.07, 6.45) is 2.84. The van der Waals surface area contributed by atoms with E-state index in [4.69, 9.17) is 0 Å². The summed E-state index contributed by atoms with van der Waals surface area (Å²) < 4.78 is 0. The molecule has 6 nitrogen and oxygen atoms in total. The molecule has 0 aromatic carbocycles. The van der Waals surface area contributed by atoms with E-state index < -0.39 is 11.6 Å². The molecule has 6 heteroatoms. The Bertz CT molecular complexity index is 459. The molecule has 118 valence electrons. The lowest BCUT2D eigenvalue weighted by atomic mass is 9.91. The van der Waals surface area contributed by atoms with Gasteiger partial charge in [0, 0.05) is 6.04 Å². The van der Waals surface area contributed by atoms with Crippen LogP contribution in [0.15, 0.2) is 0 Å². The monoisotopic (exact) mass is 295 g/mol. The molecule has 1 heterocycles. The van der Waals surface area contributed by atoms with Crippen molar-refractivity contribution in [2.24, 2.45) is 11.8 Å². The molecule has 2 rings (SSSR count). The number of hydrogen-bond donors (Lipinski definition) is 2. The van der Waals surface area contributed by atoms with Crippen LogP contribution >= 0.6 is 0 Å². The zero-order valence-electron chi connectivity index (χ0n) is 13.2. The molecule has 2 fully saturated rings. The van der Waals surface area contributed by atoms with E-state index in [0.717, 1.165) is 17.7 Å². The summed E-state index contributed by atoms with van der Waals surface area (Å²) in [6, 6.07) is -0.363. The predicted octanol–water partition coefficient (Wildman–Crippen LogP) is 1.26. The van der Waals surface area contributed by atoms with E-state index in [1.165, 1.54) is 0 Å². The van der Waals surface area contributed by atoms with Crippen LogP contribution in [0.4, 0.5) is 4.79 Å². The number of nitrogens with zero attached hydrogens (tertiary/aromatic N) is 1. The molecule has 21 heavy (non-hydrogen) atoms. The molecule has 0 aromatic heterocycles. The maximum absolute atomic E-state index is 12.4. The minimum Gasteiger partial charge on any atom is -0.352 e. The van der Waals surface area contributed by atoms with Crippen LogP contribution in [0.5, 0.6) is 0 Å². The van der Waals surface area contributed by atoms with E-state index in [1.807, 2.05) is 20.8 Å². The molecule has 1 saturated heterocycles. The minimum atomic E-state index is -0.895. The Morgan fingerprint density at radius 2 is 2.00 bits per heavy atom. The summed E-state index contributed by atoms with van der Waals surface area (Å²) in [5.74, 6) is 0.244. The van der Waals surface area contributed by atoms with Gasteiger partial charge in [-0.3, -0.25) is 14.5 Å². The molecule has 1 aliphatic carbocycles. The molecule has 1 aliphatic heterocycles. The van der Waals surface area contributed by atoms with Crippen molar-refractivity contribution in [2.75, 3.05) is 6.54 Å². The van der Waals surface area contributed by atoms with Gasteiger partial charge >= 0.3 is 6.03 Å². The smallest absolute Gasteiger partial charge is 0.325 e. The van der Waals surface area contributed by atoms with E-state index in [0.29, 0.717) is 12.3 Å². The highest BCUT2D eigenvalue weighted by molar-refractivity contribution is 6.08. The number of imide groups is 1. The zero-order chi connectivity index (χ0) is 15.8. The standard InChI is InChI=1S/C15H25N3O3/c1-9(2)7-15(4)13(20)18(14(21)17-15)8-12(19)16-10(3)11-5-6-11/h9-11H,5-8H2,1-4H3,(H,16,19)(H,17,21). The first-order valence-electron chi connectivity index (χ1n) is 7.66. The van der Waals surface area contributed by atoms with Gasteiger partial charge in [0.05, 0.1) is 0 Å². The molecule has 0 spiro atoms. The van der Waals surface area contributed by atoms with Crippen molar-refractivity contribution < 1.29 is 14.4 Å². The summed E-state index contributed by atoms with van der Waals surface area (Å²) in [5, 5.41) is 5.58. The van der Waals surface area contributed by atoms with Crippen LogP contribution in [0.1, 0.15) is 47.0 Å². The van der Waals surface area contributed by atoms with Gasteiger partial charge in [-0.1, -0.05) is 13.8 Å². The number of carbonyl (C=O) groups is 3. The van der Waals surface area contributed by atoms with Gasteiger partial charge < -0.3 is 10.6 Å². The maximum Gasteiger partial charge on any atom is 0.325 e. The summed E-state index contributed by atoms with van der Waals surface area (Å²) in [6.45, 7) is 7.48. The number of rotatable bonds is 6. The minimum absolute atomic E-state index is 0.111. The number of hydrogen-bond acceptors (Lipinski definition) is 3. The second kappa shape index (κ2) is 5.66. The van der Waals surface area contributed by atoms with Gasteiger partial charge in [0.1, 0.15) is 12.1 Å². The third-order valence-electron chi connectivity index (χ3n) is 4.18. The van der Waals surface area contributed by atoms with Crippen molar-refractivity contribution in [3.63, 3.8) is 0 Å². The first kappa shape index (κ1) is 15.8. The van der Waals surface area contributed by atoms with Crippen LogP contribution in [-0.4, -0.2) is 40.9 Å². The highest BCUT2D eigenvalue weighted by Crippen LogP contribution is 2.32.